The van der Waals surface area contributed by atoms with Gasteiger partial charge in [-0.1, -0.05) is 18.2 Å². The molecule has 3 rings (SSSR count). The first kappa shape index (κ1) is 20.0. The minimum absolute atomic E-state index is 0.0647. The van der Waals surface area contributed by atoms with Gasteiger partial charge >= 0.3 is 0 Å². The van der Waals surface area contributed by atoms with E-state index in [2.05, 4.69) is 21.2 Å². The number of para-hydroxylation sites is 1. The predicted octanol–water partition coefficient (Wildman–Crippen LogP) is 4.11. The normalized spacial score (nSPS) is 16.3. The van der Waals surface area contributed by atoms with Gasteiger partial charge in [0.15, 0.2) is 0 Å². The molecule has 0 bridgehead atoms. The second-order valence-corrected chi connectivity index (χ2v) is 9.69. The van der Waals surface area contributed by atoms with E-state index in [1.54, 1.807) is 12.1 Å². The van der Waals surface area contributed by atoms with Gasteiger partial charge in [-0.05, 0) is 78.0 Å². The Morgan fingerprint density at radius 3 is 2.37 bits per heavy atom. The molecular weight excluding hydrogens is 428 g/mol. The summed E-state index contributed by atoms with van der Waals surface area (Å²) in [7, 11) is -3.52. The molecule has 0 saturated carbocycles. The zero-order valence-corrected chi connectivity index (χ0v) is 17.8. The molecule has 0 unspecified atom stereocenters. The molecule has 0 spiro atoms. The van der Waals surface area contributed by atoms with Crippen molar-refractivity contribution in [1.82, 2.24) is 4.31 Å². The van der Waals surface area contributed by atoms with E-state index < -0.39 is 10.0 Å². The lowest BCUT2D eigenvalue weighted by molar-refractivity contribution is -0.120. The molecule has 144 valence electrons. The number of sulfonamides is 1. The number of nitrogens with one attached hydrogen (secondary N) is 1. The first-order valence-corrected chi connectivity index (χ1v) is 11.1. The third-order valence-corrected chi connectivity index (χ3v) is 7.66. The molecule has 0 atom stereocenters. The smallest absolute Gasteiger partial charge is 0.243 e. The van der Waals surface area contributed by atoms with Gasteiger partial charge in [0.05, 0.1) is 10.6 Å². The fourth-order valence-corrected chi connectivity index (χ4v) is 5.12. The molecule has 0 aliphatic carbocycles. The summed E-state index contributed by atoms with van der Waals surface area (Å²) in [5, 5.41) is 2.93. The van der Waals surface area contributed by atoms with Crippen molar-refractivity contribution in [1.29, 1.82) is 0 Å². The predicted molar refractivity (Wildman–Crippen MR) is 110 cm³/mol. The molecule has 1 heterocycles. The molecule has 1 saturated heterocycles. The molecule has 7 heteroatoms. The molecule has 1 aliphatic rings. The van der Waals surface area contributed by atoms with Crippen LogP contribution in [0.4, 0.5) is 5.69 Å². The average Bonchev–Trinajstić information content (AvgIpc) is 2.65. The quantitative estimate of drug-likeness (QED) is 0.761. The van der Waals surface area contributed by atoms with E-state index in [9.17, 15) is 13.2 Å². The second kappa shape index (κ2) is 8.12. The van der Waals surface area contributed by atoms with Gasteiger partial charge < -0.3 is 5.32 Å². The van der Waals surface area contributed by atoms with Crippen LogP contribution in [0, 0.1) is 19.8 Å². The number of rotatable bonds is 4. The highest BCUT2D eigenvalue weighted by molar-refractivity contribution is 9.10. The largest absolute Gasteiger partial charge is 0.325 e. The van der Waals surface area contributed by atoms with Crippen molar-refractivity contribution in [3.63, 3.8) is 0 Å². The van der Waals surface area contributed by atoms with E-state index in [0.29, 0.717) is 30.8 Å². The monoisotopic (exact) mass is 450 g/mol. The molecule has 1 amide bonds. The molecule has 1 fully saturated rings. The van der Waals surface area contributed by atoms with Crippen LogP contribution in [0.5, 0.6) is 0 Å². The van der Waals surface area contributed by atoms with Gasteiger partial charge in [-0.15, -0.1) is 0 Å². The van der Waals surface area contributed by atoms with Gasteiger partial charge in [0, 0.05) is 23.5 Å². The van der Waals surface area contributed by atoms with Crippen LogP contribution in [-0.4, -0.2) is 31.7 Å². The number of nitrogens with zero attached hydrogens (tertiary/aromatic N) is 1. The third kappa shape index (κ3) is 4.42. The van der Waals surface area contributed by atoms with E-state index in [0.717, 1.165) is 21.3 Å². The molecule has 0 radical (unpaired) electrons. The summed E-state index contributed by atoms with van der Waals surface area (Å²) < 4.78 is 28.1. The van der Waals surface area contributed by atoms with Gasteiger partial charge in [0.1, 0.15) is 0 Å². The van der Waals surface area contributed by atoms with Crippen LogP contribution in [0.1, 0.15) is 24.0 Å². The zero-order valence-electron chi connectivity index (χ0n) is 15.4. The van der Waals surface area contributed by atoms with Gasteiger partial charge in [0.25, 0.3) is 0 Å². The zero-order chi connectivity index (χ0) is 19.6. The first-order chi connectivity index (χ1) is 12.8. The van der Waals surface area contributed by atoms with Crippen LogP contribution in [-0.2, 0) is 14.8 Å². The maximum atomic E-state index is 12.9. The van der Waals surface area contributed by atoms with Crippen molar-refractivity contribution in [2.24, 2.45) is 5.92 Å². The fraction of sp³-hybridized carbons (Fsp3) is 0.350. The number of carbonyl (C=O) groups excluding carboxylic acids is 1. The number of carbonyl (C=O) groups is 1. The maximum Gasteiger partial charge on any atom is 0.243 e. The number of hydrogen-bond donors (Lipinski definition) is 1. The van der Waals surface area contributed by atoms with Crippen LogP contribution < -0.4 is 5.32 Å². The Balaban J connectivity index is 1.65. The fourth-order valence-electron chi connectivity index (χ4n) is 3.18. The lowest BCUT2D eigenvalue weighted by atomic mass is 9.97. The van der Waals surface area contributed by atoms with Gasteiger partial charge in [-0.25, -0.2) is 8.42 Å². The van der Waals surface area contributed by atoms with Gasteiger partial charge in [-0.3, -0.25) is 4.79 Å². The average molecular weight is 451 g/mol. The molecule has 5 nitrogen and oxygen atoms in total. The Kier molecular flexibility index (Phi) is 6.03. The minimum atomic E-state index is -3.52. The number of benzene rings is 2. The minimum Gasteiger partial charge on any atom is -0.325 e. The molecule has 1 N–H and O–H groups in total. The number of anilines is 1. The van der Waals surface area contributed by atoms with Crippen molar-refractivity contribution < 1.29 is 13.2 Å². The van der Waals surface area contributed by atoms with E-state index in [-0.39, 0.29) is 11.8 Å². The summed E-state index contributed by atoms with van der Waals surface area (Å²) in [4.78, 5) is 12.8. The molecule has 27 heavy (non-hydrogen) atoms. The molecular formula is C20H23BrN2O3S. The molecule has 2 aromatic rings. The molecule has 2 aromatic carbocycles. The summed E-state index contributed by atoms with van der Waals surface area (Å²) in [6, 6.07) is 12.7. The van der Waals surface area contributed by atoms with E-state index in [4.69, 9.17) is 0 Å². The summed E-state index contributed by atoms with van der Waals surface area (Å²) in [5.41, 5.74) is 2.75. The lowest BCUT2D eigenvalue weighted by Gasteiger charge is -2.30. The summed E-state index contributed by atoms with van der Waals surface area (Å²) in [5.74, 6) is -0.256. The van der Waals surface area contributed by atoms with Crippen molar-refractivity contribution in [3.05, 3.63) is 58.1 Å². The third-order valence-electron chi connectivity index (χ3n) is 5.07. The SMILES string of the molecule is Cc1ccc(S(=O)(=O)N2CCC(C(=O)Nc3ccccc3Br)CC2)cc1C. The maximum absolute atomic E-state index is 12.9. The highest BCUT2D eigenvalue weighted by atomic mass is 79.9. The van der Waals surface area contributed by atoms with Crippen molar-refractivity contribution in [2.45, 2.75) is 31.6 Å². The number of piperidine rings is 1. The Hall–Kier alpha value is -1.70. The van der Waals surface area contributed by atoms with Crippen LogP contribution in [0.3, 0.4) is 0 Å². The number of hydrogen-bond acceptors (Lipinski definition) is 3. The van der Waals surface area contributed by atoms with Crippen LogP contribution in [0.2, 0.25) is 0 Å². The van der Waals surface area contributed by atoms with Gasteiger partial charge in [0.2, 0.25) is 15.9 Å². The number of halogens is 1. The lowest BCUT2D eigenvalue weighted by Crippen LogP contribution is -2.41. The topological polar surface area (TPSA) is 66.5 Å². The Morgan fingerprint density at radius 1 is 1.07 bits per heavy atom. The van der Waals surface area contributed by atoms with Crippen molar-refractivity contribution in [2.75, 3.05) is 18.4 Å². The first-order valence-electron chi connectivity index (χ1n) is 8.92. The second-order valence-electron chi connectivity index (χ2n) is 6.89. The summed E-state index contributed by atoms with van der Waals surface area (Å²) in [6.07, 6.45) is 1.03. The Labute approximate surface area is 169 Å². The summed E-state index contributed by atoms with van der Waals surface area (Å²) >= 11 is 3.42. The Bertz CT molecular complexity index is 951. The van der Waals surface area contributed by atoms with Crippen LogP contribution in [0.25, 0.3) is 0 Å². The van der Waals surface area contributed by atoms with E-state index in [1.165, 1.54) is 4.31 Å². The highest BCUT2D eigenvalue weighted by Crippen LogP contribution is 2.27. The van der Waals surface area contributed by atoms with Crippen molar-refractivity contribution >= 4 is 37.5 Å². The van der Waals surface area contributed by atoms with E-state index >= 15 is 0 Å². The molecule has 0 aromatic heterocycles. The number of aryl methyl sites for hydroxylation is 2. The van der Waals surface area contributed by atoms with Crippen molar-refractivity contribution in [3.8, 4) is 0 Å². The van der Waals surface area contributed by atoms with Crippen LogP contribution in [0.15, 0.2) is 51.8 Å². The van der Waals surface area contributed by atoms with Gasteiger partial charge in [-0.2, -0.15) is 4.31 Å². The van der Waals surface area contributed by atoms with E-state index in [1.807, 2.05) is 44.2 Å². The number of amides is 1. The highest BCUT2D eigenvalue weighted by Gasteiger charge is 2.32. The molecule has 1 aliphatic heterocycles. The van der Waals surface area contributed by atoms with Crippen LogP contribution >= 0.6 is 15.9 Å². The Morgan fingerprint density at radius 2 is 1.74 bits per heavy atom. The summed E-state index contributed by atoms with van der Waals surface area (Å²) in [6.45, 7) is 4.57. The standard InChI is InChI=1S/C20H23BrN2O3S/c1-14-7-8-17(13-15(14)2)27(25,26)23-11-9-16(10-12-23)20(24)22-19-6-4-3-5-18(19)21/h3-8,13,16H,9-12H2,1-2H3,(H,22,24).